The summed E-state index contributed by atoms with van der Waals surface area (Å²) in [7, 11) is 1.86. The molecule has 47 heavy (non-hydrogen) atoms. The molecule has 3 aliphatic carbocycles. The number of fused-ring (bicyclic) bond motifs is 2. The maximum atomic E-state index is 15.2. The molecule has 4 aliphatic rings. The van der Waals surface area contributed by atoms with Crippen molar-refractivity contribution in [2.45, 2.75) is 38.6 Å². The molecule has 7 nitrogen and oxygen atoms in total. The Morgan fingerprint density at radius 2 is 1.55 bits per heavy atom. The highest BCUT2D eigenvalue weighted by Crippen LogP contribution is 2.64. The molecule has 3 saturated carbocycles. The van der Waals surface area contributed by atoms with Crippen molar-refractivity contribution in [3.8, 4) is 6.07 Å². The average molecular weight is 622 g/mol. The fraction of sp³-hybridized carbons (Fsp3) is 0.325. The van der Waals surface area contributed by atoms with E-state index >= 15 is 4.79 Å². The minimum atomic E-state index is -1.36. The Morgan fingerprint density at radius 3 is 2.13 bits per heavy atom. The molecule has 2 aromatic carbocycles. The molecule has 1 aliphatic heterocycles. The number of rotatable bonds is 8. The van der Waals surface area contributed by atoms with Crippen molar-refractivity contribution in [2.24, 2.45) is 29.1 Å². The first-order valence-electron chi connectivity index (χ1n) is 16.4. The van der Waals surface area contributed by atoms with Gasteiger partial charge in [0.2, 0.25) is 5.54 Å². The quantitative estimate of drug-likeness (QED) is 0.162. The van der Waals surface area contributed by atoms with Gasteiger partial charge in [-0.05, 0) is 102 Å². The first-order valence-corrected chi connectivity index (χ1v) is 16.4. The smallest absolute Gasteiger partial charge is 0.266 e. The fourth-order valence-corrected chi connectivity index (χ4v) is 8.60. The Morgan fingerprint density at radius 1 is 0.915 bits per heavy atom. The van der Waals surface area contributed by atoms with E-state index in [1.165, 1.54) is 12.0 Å². The Kier molecular flexibility index (Phi) is 7.76. The second-order valence-corrected chi connectivity index (χ2v) is 13.9. The lowest BCUT2D eigenvalue weighted by atomic mass is 9.42. The number of amides is 1. The van der Waals surface area contributed by atoms with Crippen molar-refractivity contribution in [1.29, 1.82) is 5.26 Å². The molecule has 236 valence electrons. The summed E-state index contributed by atoms with van der Waals surface area (Å²) in [6.07, 6.45) is 8.18. The van der Waals surface area contributed by atoms with Crippen LogP contribution in [0.4, 0.5) is 0 Å². The Labute approximate surface area is 276 Å². The average Bonchev–Trinajstić information content (AvgIpc) is 3.31. The molecule has 4 aromatic rings. The van der Waals surface area contributed by atoms with Gasteiger partial charge in [0, 0.05) is 37.6 Å². The van der Waals surface area contributed by atoms with E-state index in [4.69, 9.17) is 9.97 Å². The van der Waals surface area contributed by atoms with Crippen LogP contribution in [0.15, 0.2) is 115 Å². The lowest BCUT2D eigenvalue weighted by molar-refractivity contribution is -0.145. The van der Waals surface area contributed by atoms with Crippen LogP contribution in [0.5, 0.6) is 0 Å². The van der Waals surface area contributed by atoms with Gasteiger partial charge in [0.05, 0.1) is 23.0 Å². The Bertz CT molecular complexity index is 1810. The molecular weight excluding hydrogens is 582 g/mol. The molecule has 4 unspecified atom stereocenters. The fourth-order valence-electron chi connectivity index (χ4n) is 8.60. The Hall–Kier alpha value is -5.09. The van der Waals surface area contributed by atoms with Gasteiger partial charge in [-0.15, -0.1) is 0 Å². The molecule has 4 atom stereocenters. The molecule has 8 rings (SSSR count). The van der Waals surface area contributed by atoms with Gasteiger partial charge in [-0.2, -0.15) is 5.26 Å². The summed E-state index contributed by atoms with van der Waals surface area (Å²) in [6, 6.07) is 30.6. The molecule has 1 saturated heterocycles. The first-order chi connectivity index (χ1) is 22.7. The van der Waals surface area contributed by atoms with E-state index in [1.807, 2.05) is 53.2 Å². The summed E-state index contributed by atoms with van der Waals surface area (Å²) in [4.78, 5) is 42.3. The number of hydrogen-bond acceptors (Lipinski definition) is 6. The predicted octanol–water partition coefficient (Wildman–Crippen LogP) is 6.63. The van der Waals surface area contributed by atoms with Gasteiger partial charge < -0.3 is 4.90 Å². The van der Waals surface area contributed by atoms with Crippen LogP contribution >= 0.6 is 0 Å². The van der Waals surface area contributed by atoms with Gasteiger partial charge in [-0.1, -0.05) is 56.3 Å². The lowest BCUT2D eigenvalue weighted by Gasteiger charge is -2.63. The van der Waals surface area contributed by atoms with Crippen molar-refractivity contribution < 1.29 is 9.59 Å². The van der Waals surface area contributed by atoms with E-state index in [0.29, 0.717) is 52.6 Å². The molecule has 2 bridgehead atoms. The molecule has 3 heterocycles. The number of carbonyl (C=O) groups excluding carboxylic acids is 2. The Balaban J connectivity index is 1.34. The zero-order chi connectivity index (χ0) is 32.8. The van der Waals surface area contributed by atoms with Gasteiger partial charge >= 0.3 is 0 Å². The molecule has 0 radical (unpaired) electrons. The van der Waals surface area contributed by atoms with Gasteiger partial charge in [0.15, 0.2) is 5.78 Å². The van der Waals surface area contributed by atoms with Gasteiger partial charge in [-0.3, -0.25) is 24.5 Å². The van der Waals surface area contributed by atoms with Crippen LogP contribution in [0, 0.1) is 40.4 Å². The summed E-state index contributed by atoms with van der Waals surface area (Å²) in [6.45, 7) is 5.31. The van der Waals surface area contributed by atoms with E-state index < -0.39 is 5.54 Å². The third-order valence-corrected chi connectivity index (χ3v) is 11.3. The molecular formula is C40H39N5O2. The maximum Gasteiger partial charge on any atom is 0.266 e. The highest BCUT2D eigenvalue weighted by molar-refractivity contribution is 6.06. The van der Waals surface area contributed by atoms with Crippen LogP contribution in [0.25, 0.3) is 0 Å². The number of allylic oxidation sites excluding steroid dienone is 1. The number of carbonyl (C=O) groups is 2. The van der Waals surface area contributed by atoms with Crippen molar-refractivity contribution in [3.05, 3.63) is 143 Å². The zero-order valence-electron chi connectivity index (χ0n) is 27.1. The third kappa shape index (κ3) is 5.04. The van der Waals surface area contributed by atoms with Crippen molar-refractivity contribution in [3.63, 3.8) is 0 Å². The van der Waals surface area contributed by atoms with Gasteiger partial charge in [-0.25, -0.2) is 0 Å². The van der Waals surface area contributed by atoms with Crippen LogP contribution in [-0.4, -0.2) is 45.1 Å². The number of benzene rings is 2. The van der Waals surface area contributed by atoms with Crippen molar-refractivity contribution in [1.82, 2.24) is 19.8 Å². The van der Waals surface area contributed by atoms with Crippen molar-refractivity contribution in [2.75, 3.05) is 13.6 Å². The second kappa shape index (κ2) is 11.9. The monoisotopic (exact) mass is 621 g/mol. The van der Waals surface area contributed by atoms with Gasteiger partial charge in [0.1, 0.15) is 5.82 Å². The van der Waals surface area contributed by atoms with Crippen LogP contribution in [0.3, 0.4) is 0 Å². The highest BCUT2D eigenvalue weighted by atomic mass is 16.2. The molecule has 0 N–H and O–H groups in total. The largest absolute Gasteiger partial charge is 0.336 e. The summed E-state index contributed by atoms with van der Waals surface area (Å²) in [5.74, 6) is 1.94. The zero-order valence-corrected chi connectivity index (χ0v) is 27.1. The van der Waals surface area contributed by atoms with Crippen LogP contribution in [0.2, 0.25) is 0 Å². The predicted molar refractivity (Wildman–Crippen MR) is 179 cm³/mol. The summed E-state index contributed by atoms with van der Waals surface area (Å²) in [5, 5.41) is 9.28. The highest BCUT2D eigenvalue weighted by Gasteiger charge is 2.61. The first kappa shape index (κ1) is 30.6. The number of nitriles is 1. The third-order valence-electron chi connectivity index (χ3n) is 11.3. The second-order valence-electron chi connectivity index (χ2n) is 13.9. The number of pyridine rings is 2. The number of aromatic nitrogens is 2. The maximum absolute atomic E-state index is 15.2. The summed E-state index contributed by atoms with van der Waals surface area (Å²) in [5.41, 5.74) is 2.27. The van der Waals surface area contributed by atoms with Crippen LogP contribution < -0.4 is 0 Å². The lowest BCUT2D eigenvalue weighted by Crippen LogP contribution is -2.58. The summed E-state index contributed by atoms with van der Waals surface area (Å²) >= 11 is 0. The minimum absolute atomic E-state index is 0.159. The number of nitrogens with zero attached hydrogens (tertiary/aromatic N) is 5. The molecule has 2 aromatic heterocycles. The summed E-state index contributed by atoms with van der Waals surface area (Å²) < 4.78 is 0. The number of hydrogen-bond donors (Lipinski definition) is 0. The number of ketones is 1. The van der Waals surface area contributed by atoms with Gasteiger partial charge in [0.25, 0.3) is 5.91 Å². The van der Waals surface area contributed by atoms with Crippen LogP contribution in [-0.2, 0) is 16.8 Å². The topological polar surface area (TPSA) is 90.2 Å². The van der Waals surface area contributed by atoms with Crippen LogP contribution in [0.1, 0.15) is 59.6 Å². The SMILES string of the molecule is CN1C(=CC(=O)c2ccc(C#N)cc2)N(CC2CC3CC(C2Cc2ccccc2)C3(C)C)C(=O)C1(c1ccccn1)c1ccccn1. The minimum Gasteiger partial charge on any atom is -0.336 e. The van der Waals surface area contributed by atoms with E-state index in [-0.39, 0.29) is 23.0 Å². The van der Waals surface area contributed by atoms with E-state index in [0.717, 1.165) is 12.8 Å². The molecule has 1 amide bonds. The normalized spacial score (nSPS) is 24.9. The molecule has 0 spiro atoms. The van der Waals surface area contributed by atoms with E-state index in [1.54, 1.807) is 42.7 Å². The van der Waals surface area contributed by atoms with E-state index in [2.05, 4.69) is 50.2 Å². The standard InChI is InChI=1S/C40H39N5O2/c1-39(2)31-22-30(32(33(39)23-31)21-27-11-5-4-6-12-27)26-45-37(24-34(46)29-17-15-28(25-41)16-18-29)44(3)40(38(45)47,35-13-7-9-19-42-35)36-14-8-10-20-43-36/h4-20,24,30-33H,21-23,26H2,1-3H3. The number of likely N-dealkylation sites (N-methyl/N-ethyl adjacent to an activating group) is 1. The van der Waals surface area contributed by atoms with Crippen molar-refractivity contribution >= 4 is 11.7 Å². The molecule has 4 fully saturated rings. The van der Waals surface area contributed by atoms with E-state index in [9.17, 15) is 10.1 Å². The molecule has 7 heteroatoms.